The topological polar surface area (TPSA) is 107 Å². The number of anilines is 2. The summed E-state index contributed by atoms with van der Waals surface area (Å²) >= 11 is 0. The standard InChI is InChI=1S/C14H17N5O3/c1-9(20)17-12-4-3-11(6-13(12)22-2)19-8-10(5-14(19)21)7-16-18-15/h3-4,6,10H,5,7-8H2,1-2H3,(H,17,20). The van der Waals surface area contributed by atoms with Gasteiger partial charge in [-0.15, -0.1) is 0 Å². The summed E-state index contributed by atoms with van der Waals surface area (Å²) in [7, 11) is 1.50. The zero-order valence-corrected chi connectivity index (χ0v) is 12.4. The molecule has 0 bridgehead atoms. The monoisotopic (exact) mass is 303 g/mol. The molecule has 0 spiro atoms. The zero-order valence-electron chi connectivity index (χ0n) is 12.4. The molecule has 1 fully saturated rings. The molecule has 1 aliphatic heterocycles. The van der Waals surface area contributed by atoms with E-state index in [-0.39, 0.29) is 17.7 Å². The molecule has 1 unspecified atom stereocenters. The predicted octanol–water partition coefficient (Wildman–Crippen LogP) is 2.32. The summed E-state index contributed by atoms with van der Waals surface area (Å²) in [5.74, 6) is 0.286. The van der Waals surface area contributed by atoms with Gasteiger partial charge in [-0.2, -0.15) is 0 Å². The first kappa shape index (κ1) is 15.7. The highest BCUT2D eigenvalue weighted by Gasteiger charge is 2.30. The Morgan fingerprint density at radius 1 is 1.59 bits per heavy atom. The number of benzene rings is 1. The van der Waals surface area contributed by atoms with Gasteiger partial charge in [0.2, 0.25) is 11.8 Å². The van der Waals surface area contributed by atoms with Gasteiger partial charge in [0.1, 0.15) is 5.75 Å². The van der Waals surface area contributed by atoms with Gasteiger partial charge in [-0.1, -0.05) is 5.11 Å². The van der Waals surface area contributed by atoms with Crippen LogP contribution >= 0.6 is 0 Å². The Hall–Kier alpha value is -2.73. The molecule has 1 saturated heterocycles. The average Bonchev–Trinajstić information content (AvgIpc) is 2.86. The van der Waals surface area contributed by atoms with Crippen molar-refractivity contribution in [2.45, 2.75) is 13.3 Å². The number of nitrogens with zero attached hydrogens (tertiary/aromatic N) is 4. The van der Waals surface area contributed by atoms with Crippen LogP contribution in [0.15, 0.2) is 23.3 Å². The highest BCUT2D eigenvalue weighted by molar-refractivity contribution is 5.97. The van der Waals surface area contributed by atoms with Gasteiger partial charge < -0.3 is 15.0 Å². The minimum absolute atomic E-state index is 0.0180. The van der Waals surface area contributed by atoms with Gasteiger partial charge in [-0.25, -0.2) is 0 Å². The van der Waals surface area contributed by atoms with Crippen LogP contribution in [-0.4, -0.2) is 32.0 Å². The number of methoxy groups -OCH3 is 1. The fourth-order valence-electron chi connectivity index (χ4n) is 2.45. The number of nitrogens with one attached hydrogen (secondary N) is 1. The number of hydrogen-bond donors (Lipinski definition) is 1. The molecule has 0 aromatic heterocycles. The van der Waals surface area contributed by atoms with Crippen molar-refractivity contribution in [1.29, 1.82) is 0 Å². The maximum absolute atomic E-state index is 12.1. The molecule has 0 saturated carbocycles. The van der Waals surface area contributed by atoms with E-state index in [1.165, 1.54) is 14.0 Å². The smallest absolute Gasteiger partial charge is 0.227 e. The molecule has 0 aliphatic carbocycles. The second kappa shape index (κ2) is 6.82. The van der Waals surface area contributed by atoms with Crippen LogP contribution in [0.3, 0.4) is 0 Å². The predicted molar refractivity (Wildman–Crippen MR) is 81.8 cm³/mol. The maximum atomic E-state index is 12.1. The quantitative estimate of drug-likeness (QED) is 0.512. The molecular formula is C14H17N5O3. The van der Waals surface area contributed by atoms with E-state index in [1.54, 1.807) is 23.1 Å². The summed E-state index contributed by atoms with van der Waals surface area (Å²) < 4.78 is 5.25. The number of azide groups is 1. The Morgan fingerprint density at radius 2 is 2.36 bits per heavy atom. The van der Waals surface area contributed by atoms with Gasteiger partial charge >= 0.3 is 0 Å². The molecular weight excluding hydrogens is 286 g/mol. The summed E-state index contributed by atoms with van der Waals surface area (Å²) in [5.41, 5.74) is 9.60. The van der Waals surface area contributed by atoms with Gasteiger partial charge in [0.15, 0.2) is 0 Å². The highest BCUT2D eigenvalue weighted by atomic mass is 16.5. The normalized spacial score (nSPS) is 17.1. The minimum atomic E-state index is -0.197. The fraction of sp³-hybridized carbons (Fsp3) is 0.429. The Balaban J connectivity index is 2.20. The van der Waals surface area contributed by atoms with Crippen molar-refractivity contribution in [3.63, 3.8) is 0 Å². The van der Waals surface area contributed by atoms with Gasteiger partial charge in [0.25, 0.3) is 0 Å². The molecule has 1 aliphatic rings. The number of carbonyl (C=O) groups excluding carboxylic acids is 2. The second-order valence-corrected chi connectivity index (χ2v) is 5.05. The molecule has 8 nitrogen and oxygen atoms in total. The molecule has 2 rings (SSSR count). The van der Waals surface area contributed by atoms with Crippen LogP contribution in [0, 0.1) is 5.92 Å². The zero-order chi connectivity index (χ0) is 16.1. The summed E-state index contributed by atoms with van der Waals surface area (Å²) in [4.78, 5) is 27.6. The van der Waals surface area contributed by atoms with Crippen molar-refractivity contribution >= 4 is 23.2 Å². The van der Waals surface area contributed by atoms with Crippen molar-refractivity contribution in [2.75, 3.05) is 30.4 Å². The number of carbonyl (C=O) groups is 2. The Bertz CT molecular complexity index is 639. The molecule has 0 radical (unpaired) electrons. The lowest BCUT2D eigenvalue weighted by molar-refractivity contribution is -0.117. The van der Waals surface area contributed by atoms with Crippen LogP contribution in [0.2, 0.25) is 0 Å². The highest BCUT2D eigenvalue weighted by Crippen LogP contribution is 2.32. The molecule has 8 heteroatoms. The first-order valence-electron chi connectivity index (χ1n) is 6.82. The summed E-state index contributed by atoms with van der Waals surface area (Å²) in [5, 5.41) is 6.19. The second-order valence-electron chi connectivity index (χ2n) is 5.05. The Morgan fingerprint density at radius 3 is 3.00 bits per heavy atom. The number of rotatable bonds is 5. The third-order valence-electron chi connectivity index (χ3n) is 3.42. The Kier molecular flexibility index (Phi) is 4.85. The van der Waals surface area contributed by atoms with Gasteiger partial charge in [-0.3, -0.25) is 9.59 Å². The average molecular weight is 303 g/mol. The third kappa shape index (κ3) is 3.48. The largest absolute Gasteiger partial charge is 0.494 e. The van der Waals surface area contributed by atoms with E-state index < -0.39 is 0 Å². The van der Waals surface area contributed by atoms with E-state index >= 15 is 0 Å². The van der Waals surface area contributed by atoms with E-state index in [0.29, 0.717) is 36.6 Å². The van der Waals surface area contributed by atoms with Gasteiger partial charge in [0.05, 0.1) is 12.8 Å². The molecule has 1 heterocycles. The van der Waals surface area contributed by atoms with E-state index in [9.17, 15) is 9.59 Å². The molecule has 116 valence electrons. The van der Waals surface area contributed by atoms with Gasteiger partial charge in [-0.05, 0) is 23.6 Å². The van der Waals surface area contributed by atoms with Crippen LogP contribution < -0.4 is 15.0 Å². The minimum Gasteiger partial charge on any atom is -0.494 e. The van der Waals surface area contributed by atoms with Crippen LogP contribution in [-0.2, 0) is 9.59 Å². The van der Waals surface area contributed by atoms with Crippen LogP contribution in [0.4, 0.5) is 11.4 Å². The molecule has 2 amide bonds. The van der Waals surface area contributed by atoms with Crippen molar-refractivity contribution in [1.82, 2.24) is 0 Å². The molecule has 1 aromatic rings. The van der Waals surface area contributed by atoms with Crippen molar-refractivity contribution in [3.05, 3.63) is 28.6 Å². The van der Waals surface area contributed by atoms with Gasteiger partial charge in [0, 0.05) is 43.1 Å². The van der Waals surface area contributed by atoms with E-state index in [4.69, 9.17) is 10.3 Å². The first-order valence-corrected chi connectivity index (χ1v) is 6.82. The Labute approximate surface area is 127 Å². The van der Waals surface area contributed by atoms with Crippen LogP contribution in [0.5, 0.6) is 5.75 Å². The molecule has 22 heavy (non-hydrogen) atoms. The lowest BCUT2D eigenvalue weighted by atomic mass is 10.1. The van der Waals surface area contributed by atoms with E-state index in [2.05, 4.69) is 15.3 Å². The molecule has 1 N–H and O–H groups in total. The lowest BCUT2D eigenvalue weighted by Crippen LogP contribution is -2.24. The first-order chi connectivity index (χ1) is 10.5. The van der Waals surface area contributed by atoms with E-state index in [1.807, 2.05) is 0 Å². The fourth-order valence-corrected chi connectivity index (χ4v) is 2.45. The number of ether oxygens (including phenoxy) is 1. The summed E-state index contributed by atoms with van der Waals surface area (Å²) in [6.07, 6.45) is 0.356. The van der Waals surface area contributed by atoms with Crippen molar-refractivity contribution in [2.24, 2.45) is 11.0 Å². The van der Waals surface area contributed by atoms with E-state index in [0.717, 1.165) is 0 Å². The molecule has 1 atom stereocenters. The summed E-state index contributed by atoms with van der Waals surface area (Å²) in [6.45, 7) is 2.22. The molecule has 1 aromatic carbocycles. The van der Waals surface area contributed by atoms with Crippen LogP contribution in [0.1, 0.15) is 13.3 Å². The van der Waals surface area contributed by atoms with Crippen LogP contribution in [0.25, 0.3) is 10.4 Å². The SMILES string of the molecule is COc1cc(N2CC(CN=[N+]=[N-])CC2=O)ccc1NC(C)=O. The van der Waals surface area contributed by atoms with Crippen molar-refractivity contribution in [3.8, 4) is 5.75 Å². The maximum Gasteiger partial charge on any atom is 0.227 e. The third-order valence-corrected chi connectivity index (χ3v) is 3.42. The number of hydrogen-bond acceptors (Lipinski definition) is 4. The summed E-state index contributed by atoms with van der Waals surface area (Å²) in [6, 6.07) is 5.16. The van der Waals surface area contributed by atoms with Crippen molar-refractivity contribution < 1.29 is 14.3 Å². The number of amides is 2. The lowest BCUT2D eigenvalue weighted by Gasteiger charge is -2.19.